The van der Waals surface area contributed by atoms with Crippen molar-refractivity contribution in [1.82, 2.24) is 0 Å². The zero-order chi connectivity index (χ0) is 44.8. The fourth-order valence-electron chi connectivity index (χ4n) is 6.67. The number of rotatable bonds is 30. The molecule has 0 aliphatic carbocycles. The molecule has 14 nitrogen and oxygen atoms in total. The minimum Gasteiger partial charge on any atom is -0.463 e. The van der Waals surface area contributed by atoms with E-state index in [0.29, 0.717) is 25.7 Å². The van der Waals surface area contributed by atoms with E-state index in [0.717, 1.165) is 64.2 Å². The first-order valence-corrected chi connectivity index (χ1v) is 26.0. The number of esters is 4. The lowest BCUT2D eigenvalue weighted by molar-refractivity contribution is -0.429. The largest absolute Gasteiger partial charge is 0.463 e. The monoisotopic (exact) mass is 875 g/mol. The summed E-state index contributed by atoms with van der Waals surface area (Å²) < 4.78 is 49.2. The van der Waals surface area contributed by atoms with Gasteiger partial charge in [0, 0.05) is 25.7 Å². The van der Waals surface area contributed by atoms with Crippen molar-refractivity contribution < 1.29 is 66.5 Å². The Hall–Kier alpha value is -2.14. The third-order valence-electron chi connectivity index (χ3n) is 11.3. The molecule has 2 fully saturated rings. The van der Waals surface area contributed by atoms with Crippen molar-refractivity contribution in [1.29, 1.82) is 0 Å². The van der Waals surface area contributed by atoms with Gasteiger partial charge in [0.05, 0.1) is 6.61 Å². The molecule has 0 radical (unpaired) electrons. The van der Waals surface area contributed by atoms with Gasteiger partial charge in [0.1, 0.15) is 31.5 Å². The highest BCUT2D eigenvalue weighted by Gasteiger charge is 2.54. The predicted octanol–water partition coefficient (Wildman–Crippen LogP) is 9.58. The molecule has 0 unspecified atom stereocenters. The van der Waals surface area contributed by atoms with Crippen LogP contribution in [-0.2, 0) is 66.5 Å². The molecule has 0 amide bonds. The van der Waals surface area contributed by atoms with Crippen molar-refractivity contribution in [3.8, 4) is 0 Å². The Bertz CT molecular complexity index is 1250. The van der Waals surface area contributed by atoms with Crippen LogP contribution in [0.2, 0.25) is 18.1 Å². The first-order valence-electron chi connectivity index (χ1n) is 23.0. The summed E-state index contributed by atoms with van der Waals surface area (Å²) in [4.78, 5) is 65.1. The van der Waals surface area contributed by atoms with E-state index in [1.54, 1.807) is 0 Å². The van der Waals surface area contributed by atoms with E-state index in [9.17, 15) is 19.2 Å². The Morgan fingerprint density at radius 1 is 0.550 bits per heavy atom. The molecule has 0 N–H and O–H groups in total. The average Bonchev–Trinajstić information content (AvgIpc) is 3.47. The van der Waals surface area contributed by atoms with Gasteiger partial charge >= 0.3 is 23.9 Å². The van der Waals surface area contributed by atoms with Crippen LogP contribution in [0.1, 0.15) is 178 Å². The fraction of sp³-hybridized carbons (Fsp3) is 0.911. The van der Waals surface area contributed by atoms with Crippen LogP contribution in [0.3, 0.4) is 0 Å². The standard InChI is InChI=1S/C45H82O14Si/c1-12-16-20-21-25-29-39(49)56-42-41(55-38(48)28-24-19-15-4)40(54-37(47)27-23-18-14-3)35(30-50-36(46)26-22-17-13-2)53-43(42)59-51-31-33-34(58-45(8,9)57-33)32-52-60(10,11)44(5,6)7/h33-35,40-43H,12-32H2,1-11H3/t33-,34-,35+,40+,41-,42-,43-/m0/s1. The fourth-order valence-corrected chi connectivity index (χ4v) is 7.69. The molecular weight excluding hydrogens is 793 g/mol. The molecule has 0 aromatic heterocycles. The molecule has 0 spiro atoms. The first kappa shape index (κ1) is 54.0. The van der Waals surface area contributed by atoms with Crippen LogP contribution in [0.15, 0.2) is 0 Å². The van der Waals surface area contributed by atoms with Gasteiger partial charge in [-0.2, -0.15) is 0 Å². The van der Waals surface area contributed by atoms with Crippen molar-refractivity contribution in [3.63, 3.8) is 0 Å². The topological polar surface area (TPSA) is 161 Å². The highest BCUT2D eigenvalue weighted by molar-refractivity contribution is 6.74. The summed E-state index contributed by atoms with van der Waals surface area (Å²) in [6.45, 7) is 22.5. The van der Waals surface area contributed by atoms with Crippen molar-refractivity contribution in [2.24, 2.45) is 0 Å². The molecule has 2 rings (SSSR count). The summed E-state index contributed by atoms with van der Waals surface area (Å²) in [7, 11) is -2.13. The minimum atomic E-state index is -2.13. The van der Waals surface area contributed by atoms with Crippen LogP contribution in [0.5, 0.6) is 0 Å². The molecule has 15 heteroatoms. The Labute approximate surface area is 362 Å². The van der Waals surface area contributed by atoms with Crippen molar-refractivity contribution >= 4 is 32.2 Å². The lowest BCUT2D eigenvalue weighted by Crippen LogP contribution is -2.63. The molecule has 0 bridgehead atoms. The van der Waals surface area contributed by atoms with Gasteiger partial charge < -0.3 is 37.6 Å². The molecule has 0 aromatic carbocycles. The molecule has 2 heterocycles. The van der Waals surface area contributed by atoms with Gasteiger partial charge in [-0.3, -0.25) is 19.2 Å². The van der Waals surface area contributed by atoms with Gasteiger partial charge in [-0.25, -0.2) is 9.78 Å². The molecular formula is C45H82O14Si. The third kappa shape index (κ3) is 19.9. The zero-order valence-electron chi connectivity index (χ0n) is 39.1. The van der Waals surface area contributed by atoms with E-state index >= 15 is 0 Å². The lowest BCUT2D eigenvalue weighted by atomic mass is 9.98. The second-order valence-electron chi connectivity index (χ2n) is 18.3. The van der Waals surface area contributed by atoms with Gasteiger partial charge in [0.15, 0.2) is 32.4 Å². The van der Waals surface area contributed by atoms with E-state index in [-0.39, 0.29) is 50.5 Å². The number of unbranched alkanes of at least 4 members (excludes halogenated alkanes) is 10. The van der Waals surface area contributed by atoms with Gasteiger partial charge in [-0.1, -0.05) is 113 Å². The highest BCUT2D eigenvalue weighted by atomic mass is 28.4. The highest BCUT2D eigenvalue weighted by Crippen LogP contribution is 2.38. The van der Waals surface area contributed by atoms with Gasteiger partial charge in [0.25, 0.3) is 0 Å². The second-order valence-corrected chi connectivity index (χ2v) is 23.1. The van der Waals surface area contributed by atoms with Gasteiger partial charge in [-0.15, -0.1) is 0 Å². The Morgan fingerprint density at radius 3 is 1.50 bits per heavy atom. The zero-order valence-corrected chi connectivity index (χ0v) is 40.1. The number of hydrogen-bond donors (Lipinski definition) is 0. The van der Waals surface area contributed by atoms with Crippen LogP contribution >= 0.6 is 0 Å². The molecule has 0 saturated carbocycles. The SMILES string of the molecule is CCCCCCCC(=O)O[C@@H]1[C@H](OOC[C@@H]2OC(C)(C)O[C@H]2CO[Si](C)(C)C(C)(C)C)O[C@H](COC(=O)CCCCC)[C@@H](OC(=O)CCCCC)[C@@H]1OC(=O)CCCCC. The predicted molar refractivity (Wildman–Crippen MR) is 229 cm³/mol. The summed E-state index contributed by atoms with van der Waals surface area (Å²) in [5.74, 6) is -3.06. The Kier molecular flexibility index (Phi) is 25.0. The second kappa shape index (κ2) is 27.8. The number of hydrogen-bond acceptors (Lipinski definition) is 14. The maximum atomic E-state index is 13.5. The van der Waals surface area contributed by atoms with Crippen molar-refractivity contribution in [2.45, 2.75) is 245 Å². The molecule has 2 aliphatic heterocycles. The van der Waals surface area contributed by atoms with E-state index < -0.39 is 80.9 Å². The van der Waals surface area contributed by atoms with Gasteiger partial charge in [-0.05, 0) is 57.7 Å². The van der Waals surface area contributed by atoms with Crippen LogP contribution in [0.25, 0.3) is 0 Å². The number of ether oxygens (including phenoxy) is 7. The smallest absolute Gasteiger partial charge is 0.306 e. The van der Waals surface area contributed by atoms with Crippen LogP contribution in [0.4, 0.5) is 0 Å². The quantitative estimate of drug-likeness (QED) is 0.0168. The molecule has 7 atom stereocenters. The van der Waals surface area contributed by atoms with E-state index in [4.69, 9.17) is 47.4 Å². The number of carbonyl (C=O) groups excluding carboxylic acids is 4. The Morgan fingerprint density at radius 2 is 0.983 bits per heavy atom. The summed E-state index contributed by atoms with van der Waals surface area (Å²) in [6, 6.07) is 0. The summed E-state index contributed by atoms with van der Waals surface area (Å²) in [5, 5.41) is -0.0184. The summed E-state index contributed by atoms with van der Waals surface area (Å²) in [5.41, 5.74) is 0. The van der Waals surface area contributed by atoms with Crippen molar-refractivity contribution in [2.75, 3.05) is 19.8 Å². The lowest BCUT2D eigenvalue weighted by Gasteiger charge is -2.43. The Balaban J connectivity index is 2.49. The molecule has 2 saturated heterocycles. The molecule has 2 aliphatic rings. The maximum Gasteiger partial charge on any atom is 0.306 e. The third-order valence-corrected chi connectivity index (χ3v) is 15.8. The van der Waals surface area contributed by atoms with Crippen LogP contribution in [-0.4, -0.2) is 101 Å². The molecule has 60 heavy (non-hydrogen) atoms. The minimum absolute atomic E-state index is 0.0184. The van der Waals surface area contributed by atoms with Crippen molar-refractivity contribution in [3.05, 3.63) is 0 Å². The number of carbonyl (C=O) groups is 4. The van der Waals surface area contributed by atoms with E-state index in [1.807, 2.05) is 34.6 Å². The normalized spacial score (nSPS) is 24.2. The first-order chi connectivity index (χ1) is 28.4. The average molecular weight is 875 g/mol. The van der Waals surface area contributed by atoms with E-state index in [1.165, 1.54) is 0 Å². The molecule has 0 aromatic rings. The van der Waals surface area contributed by atoms with E-state index in [2.05, 4.69) is 40.8 Å². The summed E-state index contributed by atoms with van der Waals surface area (Å²) >= 11 is 0. The van der Waals surface area contributed by atoms with Gasteiger partial charge in [0.2, 0.25) is 6.29 Å². The molecule has 350 valence electrons. The maximum absolute atomic E-state index is 13.5. The summed E-state index contributed by atoms with van der Waals surface area (Å²) in [6.07, 6.45) is 4.17. The van der Waals surface area contributed by atoms with Crippen LogP contribution < -0.4 is 0 Å². The van der Waals surface area contributed by atoms with Crippen LogP contribution in [0, 0.1) is 0 Å².